The largest absolute Gasteiger partial charge is 0.354 e. The number of nitrogens with one attached hydrogen (secondary N) is 2. The lowest BCUT2D eigenvalue weighted by atomic mass is 10.4. The van der Waals surface area contributed by atoms with Crippen LogP contribution in [0.1, 0.15) is 6.92 Å². The third kappa shape index (κ3) is 2.14. The van der Waals surface area contributed by atoms with Gasteiger partial charge in [-0.25, -0.2) is 4.98 Å². The van der Waals surface area contributed by atoms with E-state index in [1.807, 2.05) is 6.92 Å². The molecule has 3 aromatic rings. The number of H-pyrrole nitrogens is 1. The van der Waals surface area contributed by atoms with Crippen molar-refractivity contribution in [2.75, 3.05) is 11.9 Å². The molecule has 7 nitrogen and oxygen atoms in total. The number of fused-ring (bicyclic) bond motifs is 1. The normalized spacial score (nSPS) is 10.9. The van der Waals surface area contributed by atoms with E-state index in [4.69, 9.17) is 0 Å². The molecule has 0 aliphatic carbocycles. The highest BCUT2D eigenvalue weighted by Crippen LogP contribution is 2.32. The molecule has 18 heavy (non-hydrogen) atoms. The number of hydrogen-bond donors (Lipinski definition) is 2. The fraction of sp³-hybridized carbons (Fsp3) is 0.222. The summed E-state index contributed by atoms with van der Waals surface area (Å²) >= 11 is 2.94. The van der Waals surface area contributed by atoms with Crippen LogP contribution >= 0.6 is 23.1 Å². The molecule has 0 saturated carbocycles. The molecule has 0 bridgehead atoms. The second kappa shape index (κ2) is 4.86. The lowest BCUT2D eigenvalue weighted by molar-refractivity contribution is 1.00. The predicted octanol–water partition coefficient (Wildman–Crippen LogP) is 1.79. The van der Waals surface area contributed by atoms with Crippen molar-refractivity contribution in [2.45, 2.75) is 16.3 Å². The third-order valence-corrected chi connectivity index (χ3v) is 3.92. The average molecular weight is 279 g/mol. The molecule has 9 heteroatoms. The van der Waals surface area contributed by atoms with Crippen LogP contribution in [-0.4, -0.2) is 36.9 Å². The molecule has 0 fully saturated rings. The van der Waals surface area contributed by atoms with Crippen molar-refractivity contribution in [1.82, 2.24) is 30.4 Å². The van der Waals surface area contributed by atoms with Crippen LogP contribution in [0, 0.1) is 0 Å². The first-order valence-corrected chi connectivity index (χ1v) is 6.95. The molecule has 0 aromatic carbocycles. The average Bonchev–Trinajstić information content (AvgIpc) is 2.99. The van der Waals surface area contributed by atoms with E-state index in [1.54, 1.807) is 11.7 Å². The van der Waals surface area contributed by atoms with Crippen molar-refractivity contribution in [2.24, 2.45) is 0 Å². The van der Waals surface area contributed by atoms with Gasteiger partial charge >= 0.3 is 0 Å². The molecule has 3 heterocycles. The highest BCUT2D eigenvalue weighted by atomic mass is 32.2. The van der Waals surface area contributed by atoms with E-state index >= 15 is 0 Å². The van der Waals surface area contributed by atoms with Crippen LogP contribution in [0.15, 0.2) is 21.1 Å². The SMILES string of the molecule is CCNc1nc(Sc2nncs2)c2cn[nH]c2n1. The van der Waals surface area contributed by atoms with Gasteiger partial charge in [0.1, 0.15) is 10.5 Å². The Morgan fingerprint density at radius 2 is 2.39 bits per heavy atom. The standard InChI is InChI=1S/C9H9N7S2/c1-2-10-8-13-6-5(3-11-15-6)7(14-8)18-9-16-12-4-17-9/h3-4H,2H2,1H3,(H2,10,11,13,14,15). The first-order valence-electron chi connectivity index (χ1n) is 5.26. The number of nitrogens with zero attached hydrogens (tertiary/aromatic N) is 5. The van der Waals surface area contributed by atoms with Gasteiger partial charge in [-0.2, -0.15) is 10.1 Å². The summed E-state index contributed by atoms with van der Waals surface area (Å²) in [6.07, 6.45) is 1.72. The zero-order chi connectivity index (χ0) is 12.4. The van der Waals surface area contributed by atoms with Gasteiger partial charge in [0.2, 0.25) is 5.95 Å². The van der Waals surface area contributed by atoms with Gasteiger partial charge in [-0.3, -0.25) is 5.10 Å². The Hall–Kier alpha value is -1.74. The molecule has 0 aliphatic heterocycles. The second-order valence-electron chi connectivity index (χ2n) is 3.32. The van der Waals surface area contributed by atoms with E-state index in [-0.39, 0.29) is 0 Å². The maximum Gasteiger partial charge on any atom is 0.225 e. The van der Waals surface area contributed by atoms with Crippen LogP contribution in [0.5, 0.6) is 0 Å². The summed E-state index contributed by atoms with van der Waals surface area (Å²) in [6, 6.07) is 0. The Balaban J connectivity index is 2.04. The lowest BCUT2D eigenvalue weighted by Crippen LogP contribution is -2.02. The molecule has 3 aromatic heterocycles. The van der Waals surface area contributed by atoms with Crippen molar-refractivity contribution >= 4 is 40.1 Å². The number of anilines is 1. The van der Waals surface area contributed by atoms with E-state index in [1.165, 1.54) is 23.1 Å². The van der Waals surface area contributed by atoms with Gasteiger partial charge in [-0.15, -0.1) is 10.2 Å². The summed E-state index contributed by atoms with van der Waals surface area (Å²) in [6.45, 7) is 2.76. The summed E-state index contributed by atoms with van der Waals surface area (Å²) < 4.78 is 0.846. The van der Waals surface area contributed by atoms with Crippen LogP contribution in [0.3, 0.4) is 0 Å². The maximum atomic E-state index is 4.46. The Morgan fingerprint density at radius 3 is 3.17 bits per heavy atom. The Kier molecular flexibility index (Phi) is 3.07. The minimum absolute atomic E-state index is 0.585. The molecular formula is C9H9N7S2. The summed E-state index contributed by atoms with van der Waals surface area (Å²) in [5.74, 6) is 0.585. The number of aromatic amines is 1. The maximum absolute atomic E-state index is 4.46. The number of aromatic nitrogens is 6. The van der Waals surface area contributed by atoms with Gasteiger partial charge < -0.3 is 5.32 Å². The highest BCUT2D eigenvalue weighted by molar-refractivity contribution is 8.01. The predicted molar refractivity (Wildman–Crippen MR) is 69.9 cm³/mol. The van der Waals surface area contributed by atoms with Crippen LogP contribution in [0.25, 0.3) is 11.0 Å². The van der Waals surface area contributed by atoms with Crippen LogP contribution in [0.2, 0.25) is 0 Å². The first kappa shape index (κ1) is 11.4. The summed E-state index contributed by atoms with van der Waals surface area (Å²) in [5.41, 5.74) is 2.41. The number of hydrogen-bond acceptors (Lipinski definition) is 8. The van der Waals surface area contributed by atoms with Crippen LogP contribution < -0.4 is 5.32 Å². The van der Waals surface area contributed by atoms with Gasteiger partial charge in [-0.1, -0.05) is 11.3 Å². The van der Waals surface area contributed by atoms with Gasteiger partial charge in [0.15, 0.2) is 9.99 Å². The molecule has 0 aliphatic rings. The van der Waals surface area contributed by atoms with Crippen molar-refractivity contribution in [1.29, 1.82) is 0 Å². The second-order valence-corrected chi connectivity index (χ2v) is 5.39. The smallest absolute Gasteiger partial charge is 0.225 e. The molecule has 0 spiro atoms. The van der Waals surface area contributed by atoms with Crippen molar-refractivity contribution in [3.63, 3.8) is 0 Å². The van der Waals surface area contributed by atoms with Gasteiger partial charge in [0.25, 0.3) is 0 Å². The molecule has 92 valence electrons. The van der Waals surface area contributed by atoms with E-state index in [2.05, 4.69) is 35.7 Å². The first-order chi connectivity index (χ1) is 8.86. The fourth-order valence-electron chi connectivity index (χ4n) is 1.41. The third-order valence-electron chi connectivity index (χ3n) is 2.13. The molecule has 0 saturated heterocycles. The molecule has 0 atom stereocenters. The minimum atomic E-state index is 0.585. The summed E-state index contributed by atoms with van der Waals surface area (Å²) in [4.78, 5) is 8.79. The Labute approximate surface area is 110 Å². The zero-order valence-electron chi connectivity index (χ0n) is 9.41. The Morgan fingerprint density at radius 1 is 1.44 bits per heavy atom. The zero-order valence-corrected chi connectivity index (χ0v) is 11.0. The van der Waals surface area contributed by atoms with Gasteiger partial charge in [0, 0.05) is 6.54 Å². The molecule has 2 N–H and O–H groups in total. The number of rotatable bonds is 4. The fourth-order valence-corrected chi connectivity index (χ4v) is 2.90. The quantitative estimate of drug-likeness (QED) is 0.703. The summed E-state index contributed by atoms with van der Waals surface area (Å²) in [5, 5.41) is 19.5. The molecule has 0 amide bonds. The van der Waals surface area contributed by atoms with E-state index in [9.17, 15) is 0 Å². The Bertz CT molecular complexity index is 648. The molecule has 3 rings (SSSR count). The molecular weight excluding hydrogens is 270 g/mol. The minimum Gasteiger partial charge on any atom is -0.354 e. The molecule has 0 radical (unpaired) electrons. The highest BCUT2D eigenvalue weighted by Gasteiger charge is 2.12. The van der Waals surface area contributed by atoms with E-state index in [0.717, 1.165) is 21.3 Å². The van der Waals surface area contributed by atoms with Crippen molar-refractivity contribution in [3.05, 3.63) is 11.7 Å². The van der Waals surface area contributed by atoms with Crippen molar-refractivity contribution in [3.8, 4) is 0 Å². The van der Waals surface area contributed by atoms with E-state index in [0.29, 0.717) is 11.6 Å². The lowest BCUT2D eigenvalue weighted by Gasteiger charge is -2.04. The molecule has 0 unspecified atom stereocenters. The topological polar surface area (TPSA) is 92.3 Å². The van der Waals surface area contributed by atoms with Crippen LogP contribution in [0.4, 0.5) is 5.95 Å². The van der Waals surface area contributed by atoms with E-state index < -0.39 is 0 Å². The van der Waals surface area contributed by atoms with Gasteiger partial charge in [-0.05, 0) is 18.7 Å². The van der Waals surface area contributed by atoms with Crippen molar-refractivity contribution < 1.29 is 0 Å². The van der Waals surface area contributed by atoms with Crippen LogP contribution in [-0.2, 0) is 0 Å². The monoisotopic (exact) mass is 279 g/mol. The van der Waals surface area contributed by atoms with Gasteiger partial charge in [0.05, 0.1) is 11.6 Å². The summed E-state index contributed by atoms with van der Waals surface area (Å²) in [7, 11) is 0.